The van der Waals surface area contributed by atoms with E-state index < -0.39 is 0 Å². The van der Waals surface area contributed by atoms with Gasteiger partial charge in [-0.05, 0) is 25.8 Å². The van der Waals surface area contributed by atoms with Crippen LogP contribution in [0.1, 0.15) is 47.5 Å². The maximum absolute atomic E-state index is 3.74. The summed E-state index contributed by atoms with van der Waals surface area (Å²) in [6.07, 6.45) is 4.34. The summed E-state index contributed by atoms with van der Waals surface area (Å²) in [5.41, 5.74) is 2.80. The molecule has 0 spiro atoms. The Hall–Kier alpha value is -0.520. The fraction of sp³-hybridized carbons (Fsp3) is 0.636. The van der Waals surface area contributed by atoms with E-state index in [1.54, 1.807) is 0 Å². The lowest BCUT2D eigenvalue weighted by molar-refractivity contribution is 0.913. The van der Waals surface area contributed by atoms with E-state index >= 15 is 0 Å². The second-order valence-corrected chi connectivity index (χ2v) is 2.48. The van der Waals surface area contributed by atoms with Crippen molar-refractivity contribution in [1.29, 1.82) is 0 Å². The summed E-state index contributed by atoms with van der Waals surface area (Å²) in [5, 5.41) is 0. The number of hydrogen-bond acceptors (Lipinski definition) is 0. The van der Waals surface area contributed by atoms with Crippen LogP contribution in [0.5, 0.6) is 0 Å². The van der Waals surface area contributed by atoms with Gasteiger partial charge in [-0.15, -0.1) is 0 Å². The molecule has 0 nitrogen and oxygen atoms in total. The molecule has 0 aromatic rings. The Morgan fingerprint density at radius 3 is 1.82 bits per heavy atom. The first-order valence-corrected chi connectivity index (χ1v) is 4.51. The van der Waals surface area contributed by atoms with Crippen LogP contribution in [0.25, 0.3) is 0 Å². The van der Waals surface area contributed by atoms with Crippen LogP contribution in [-0.4, -0.2) is 0 Å². The van der Waals surface area contributed by atoms with Crippen LogP contribution in [0.3, 0.4) is 0 Å². The smallest absolute Gasteiger partial charge is 0.0282 e. The predicted octanol–water partition coefficient (Wildman–Crippen LogP) is 4.34. The first-order chi connectivity index (χ1) is 5.22. The molecule has 0 heterocycles. The molecule has 0 N–H and O–H groups in total. The average molecular weight is 154 g/mol. The van der Waals surface area contributed by atoms with E-state index in [1.807, 2.05) is 19.9 Å². The van der Waals surface area contributed by atoms with E-state index in [0.717, 1.165) is 0 Å². The summed E-state index contributed by atoms with van der Waals surface area (Å²) >= 11 is 0. The quantitative estimate of drug-likeness (QED) is 0.531. The zero-order valence-corrected chi connectivity index (χ0v) is 8.70. The lowest BCUT2D eigenvalue weighted by atomic mass is 10.1. The van der Waals surface area contributed by atoms with Crippen molar-refractivity contribution in [3.05, 3.63) is 23.8 Å². The molecular formula is C11H22. The first-order valence-electron chi connectivity index (χ1n) is 4.51. The Bertz CT molecular complexity index is 114. The highest BCUT2D eigenvalue weighted by atomic mass is 14.0. The molecule has 0 rings (SSSR count). The van der Waals surface area contributed by atoms with Crippen LogP contribution in [0, 0.1) is 0 Å². The predicted molar refractivity (Wildman–Crippen MR) is 54.8 cm³/mol. The second-order valence-electron chi connectivity index (χ2n) is 2.48. The van der Waals surface area contributed by atoms with Gasteiger partial charge in [0.1, 0.15) is 0 Å². The van der Waals surface area contributed by atoms with E-state index in [2.05, 4.69) is 27.4 Å². The van der Waals surface area contributed by atoms with Gasteiger partial charge >= 0.3 is 0 Å². The third-order valence-electron chi connectivity index (χ3n) is 1.41. The van der Waals surface area contributed by atoms with Crippen molar-refractivity contribution in [2.75, 3.05) is 0 Å². The zero-order valence-electron chi connectivity index (χ0n) is 8.70. The van der Waals surface area contributed by atoms with Gasteiger partial charge in [0, 0.05) is 0 Å². The Morgan fingerprint density at radius 1 is 1.27 bits per heavy atom. The van der Waals surface area contributed by atoms with Crippen molar-refractivity contribution in [3.8, 4) is 0 Å². The lowest BCUT2D eigenvalue weighted by Gasteiger charge is -1.99. The van der Waals surface area contributed by atoms with Gasteiger partial charge in [0.15, 0.2) is 0 Å². The molecule has 0 aromatic heterocycles. The molecule has 0 unspecified atom stereocenters. The van der Waals surface area contributed by atoms with Crippen LogP contribution in [0.2, 0.25) is 0 Å². The molecule has 0 aliphatic heterocycles. The van der Waals surface area contributed by atoms with Crippen LogP contribution < -0.4 is 0 Å². The van der Waals surface area contributed by atoms with Crippen LogP contribution in [0.4, 0.5) is 0 Å². The van der Waals surface area contributed by atoms with Gasteiger partial charge in [0.05, 0.1) is 0 Å². The van der Waals surface area contributed by atoms with Gasteiger partial charge in [-0.1, -0.05) is 45.4 Å². The third-order valence-corrected chi connectivity index (χ3v) is 1.41. The molecule has 0 aromatic carbocycles. The highest BCUT2D eigenvalue weighted by Gasteiger charge is 1.90. The van der Waals surface area contributed by atoms with Gasteiger partial charge in [0.2, 0.25) is 0 Å². The molecule has 0 bridgehead atoms. The van der Waals surface area contributed by atoms with Crippen LogP contribution in [0.15, 0.2) is 23.8 Å². The summed E-state index contributed by atoms with van der Waals surface area (Å²) in [7, 11) is 0. The Balaban J connectivity index is 0. The minimum atomic E-state index is 1.17. The maximum atomic E-state index is 3.74. The van der Waals surface area contributed by atoms with Gasteiger partial charge in [0.25, 0.3) is 0 Å². The van der Waals surface area contributed by atoms with E-state index in [4.69, 9.17) is 0 Å². The third kappa shape index (κ3) is 7.38. The number of allylic oxidation sites excluding steroid dienone is 3. The van der Waals surface area contributed by atoms with Crippen molar-refractivity contribution in [2.24, 2.45) is 0 Å². The fourth-order valence-corrected chi connectivity index (χ4v) is 0.826. The van der Waals surface area contributed by atoms with Gasteiger partial charge < -0.3 is 0 Å². The minimum absolute atomic E-state index is 1.17. The van der Waals surface area contributed by atoms with Gasteiger partial charge in [-0.25, -0.2) is 0 Å². The topological polar surface area (TPSA) is 0 Å². The monoisotopic (exact) mass is 154 g/mol. The van der Waals surface area contributed by atoms with Crippen molar-refractivity contribution in [3.63, 3.8) is 0 Å². The highest BCUT2D eigenvalue weighted by molar-refractivity contribution is 5.20. The molecule has 0 aliphatic carbocycles. The van der Waals surface area contributed by atoms with Crippen LogP contribution >= 0.6 is 0 Å². The molecule has 0 saturated carbocycles. The molecule has 0 heteroatoms. The number of hydrogen-bond donors (Lipinski definition) is 0. The molecular weight excluding hydrogens is 132 g/mol. The molecule has 0 amide bonds. The van der Waals surface area contributed by atoms with Crippen molar-refractivity contribution in [1.82, 2.24) is 0 Å². The molecule has 0 atom stereocenters. The Morgan fingerprint density at radius 2 is 1.73 bits per heavy atom. The van der Waals surface area contributed by atoms with Crippen molar-refractivity contribution >= 4 is 0 Å². The minimum Gasteiger partial charge on any atom is -0.0988 e. The molecule has 66 valence electrons. The molecule has 0 aliphatic rings. The molecule has 0 fully saturated rings. The van der Waals surface area contributed by atoms with Crippen molar-refractivity contribution < 1.29 is 0 Å². The molecule has 0 saturated heterocycles. The van der Waals surface area contributed by atoms with Gasteiger partial charge in [-0.3, -0.25) is 0 Å². The molecule has 11 heavy (non-hydrogen) atoms. The summed E-state index contributed by atoms with van der Waals surface area (Å²) in [6.45, 7) is 14.2. The fourth-order valence-electron chi connectivity index (χ4n) is 0.826. The SMILES string of the molecule is C=CC(CCC)=C(C)C.CC. The average Bonchev–Trinajstić information content (AvgIpc) is 2.03. The van der Waals surface area contributed by atoms with E-state index in [1.165, 1.54) is 24.0 Å². The largest absolute Gasteiger partial charge is 0.0988 e. The maximum Gasteiger partial charge on any atom is -0.0282 e. The summed E-state index contributed by atoms with van der Waals surface area (Å²) in [5.74, 6) is 0. The van der Waals surface area contributed by atoms with Crippen molar-refractivity contribution in [2.45, 2.75) is 47.5 Å². The zero-order chi connectivity index (χ0) is 9.28. The summed E-state index contributed by atoms with van der Waals surface area (Å²) in [6, 6.07) is 0. The van der Waals surface area contributed by atoms with Gasteiger partial charge in [-0.2, -0.15) is 0 Å². The normalized spacial score (nSPS) is 7.73. The Labute approximate surface area is 72.0 Å². The Kier molecular flexibility index (Phi) is 11.3. The second kappa shape index (κ2) is 9.48. The van der Waals surface area contributed by atoms with E-state index in [-0.39, 0.29) is 0 Å². The van der Waals surface area contributed by atoms with E-state index in [9.17, 15) is 0 Å². The molecule has 0 radical (unpaired) electrons. The highest BCUT2D eigenvalue weighted by Crippen LogP contribution is 2.10. The van der Waals surface area contributed by atoms with Crippen LogP contribution in [-0.2, 0) is 0 Å². The summed E-state index contributed by atoms with van der Waals surface area (Å²) < 4.78 is 0. The standard InChI is InChI=1S/C9H16.C2H6/c1-5-7-9(6-2)8(3)4;1-2/h6H,2,5,7H2,1,3-4H3;1-2H3. The van der Waals surface area contributed by atoms with E-state index in [0.29, 0.717) is 0 Å². The first kappa shape index (κ1) is 13.1. The summed E-state index contributed by atoms with van der Waals surface area (Å²) in [4.78, 5) is 0. The number of rotatable bonds is 3. The lowest BCUT2D eigenvalue weighted by Crippen LogP contribution is -1.79.